The zero-order valence-electron chi connectivity index (χ0n) is 15.8. The molecule has 2 aliphatic rings. The lowest BCUT2D eigenvalue weighted by molar-refractivity contribution is -0.103. The number of unbranched alkanes of at least 4 members (excludes halogenated alkanes) is 6. The molecule has 0 saturated carbocycles. The van der Waals surface area contributed by atoms with Crippen molar-refractivity contribution in [3.05, 3.63) is 28.6 Å². The molecule has 0 amide bonds. The Morgan fingerprint density at radius 3 is 2.00 bits per heavy atom. The van der Waals surface area contributed by atoms with Crippen LogP contribution in [0.3, 0.4) is 0 Å². The topological polar surface area (TPSA) is 17.1 Å². The number of hydrogen-bond donors (Lipinski definition) is 0. The second-order valence-corrected chi connectivity index (χ2v) is 11.0. The van der Waals surface area contributed by atoms with Crippen molar-refractivity contribution < 1.29 is 4.79 Å². The van der Waals surface area contributed by atoms with Gasteiger partial charge in [-0.2, -0.15) is 0 Å². The lowest BCUT2D eigenvalue weighted by Crippen LogP contribution is -1.84. The summed E-state index contributed by atoms with van der Waals surface area (Å²) in [5.41, 5.74) is 0. The highest BCUT2D eigenvalue weighted by molar-refractivity contribution is 8.34. The van der Waals surface area contributed by atoms with E-state index in [9.17, 15) is 4.79 Å². The zero-order valence-corrected chi connectivity index (χ0v) is 19.0. The molecule has 0 bridgehead atoms. The van der Waals surface area contributed by atoms with Crippen LogP contribution < -0.4 is 0 Å². The van der Waals surface area contributed by atoms with E-state index in [1.54, 1.807) is 33.3 Å². The minimum absolute atomic E-state index is 0.667. The van der Waals surface area contributed by atoms with Gasteiger partial charge in [-0.25, -0.2) is 0 Å². The van der Waals surface area contributed by atoms with Crippen LogP contribution in [-0.2, 0) is 4.79 Å². The largest absolute Gasteiger partial charge is 0.289 e. The Morgan fingerprint density at radius 1 is 0.846 bits per heavy atom. The molecule has 0 saturated heterocycles. The first kappa shape index (κ1) is 22.1. The smallest absolute Gasteiger partial charge is 0.193 e. The fraction of sp³-hybridized carbons (Fsp3) is 0.571. The van der Waals surface area contributed by atoms with Crippen LogP contribution in [0.1, 0.15) is 78.1 Å². The van der Waals surface area contributed by atoms with Gasteiger partial charge in [0, 0.05) is 9.81 Å². The Labute approximate surface area is 176 Å². The van der Waals surface area contributed by atoms with Crippen LogP contribution in [0, 0.1) is 11.8 Å². The van der Waals surface area contributed by atoms with Crippen molar-refractivity contribution in [2.24, 2.45) is 0 Å². The Morgan fingerprint density at radius 2 is 1.46 bits per heavy atom. The van der Waals surface area contributed by atoms with Crippen LogP contribution in [0.4, 0.5) is 0 Å². The van der Waals surface area contributed by atoms with Crippen LogP contribution in [0.25, 0.3) is 0 Å². The van der Waals surface area contributed by atoms with Crippen LogP contribution in [0.5, 0.6) is 0 Å². The van der Waals surface area contributed by atoms with Crippen molar-refractivity contribution in [3.8, 4) is 11.8 Å². The molecule has 1 nitrogen and oxygen atoms in total. The molecule has 0 aromatic heterocycles. The number of hydrogen-bond acceptors (Lipinski definition) is 5. The van der Waals surface area contributed by atoms with Crippen molar-refractivity contribution in [1.29, 1.82) is 0 Å². The summed E-state index contributed by atoms with van der Waals surface area (Å²) >= 11 is 7.47. The van der Waals surface area contributed by atoms with E-state index in [-0.39, 0.29) is 0 Å². The third-order valence-corrected chi connectivity index (χ3v) is 9.76. The first-order valence-electron chi connectivity index (χ1n) is 9.60. The summed E-state index contributed by atoms with van der Waals surface area (Å²) in [5.74, 6) is 5.44. The third-order valence-electron chi connectivity index (χ3n) is 4.15. The number of aldehydes is 1. The van der Waals surface area contributed by atoms with Gasteiger partial charge in [-0.1, -0.05) is 105 Å². The van der Waals surface area contributed by atoms with E-state index in [1.807, 2.05) is 23.5 Å². The maximum atomic E-state index is 10.4. The second-order valence-electron chi connectivity index (χ2n) is 6.34. The van der Waals surface area contributed by atoms with Gasteiger partial charge in [0.2, 0.25) is 0 Å². The first-order valence-corrected chi connectivity index (χ1v) is 12.9. The van der Waals surface area contributed by atoms with Crippen molar-refractivity contribution in [3.63, 3.8) is 0 Å². The van der Waals surface area contributed by atoms with E-state index in [2.05, 4.69) is 31.1 Å². The van der Waals surface area contributed by atoms with E-state index in [1.165, 1.54) is 72.7 Å². The van der Waals surface area contributed by atoms with E-state index in [0.29, 0.717) is 6.29 Å². The molecule has 0 fully saturated rings. The molecule has 26 heavy (non-hydrogen) atoms. The molecular formula is C21H28OS4. The summed E-state index contributed by atoms with van der Waals surface area (Å²) in [6.07, 6.45) is 13.7. The van der Waals surface area contributed by atoms with Crippen molar-refractivity contribution >= 4 is 53.3 Å². The summed E-state index contributed by atoms with van der Waals surface area (Å²) in [6, 6.07) is 0. The van der Waals surface area contributed by atoms with Crippen molar-refractivity contribution in [2.45, 2.75) is 78.1 Å². The molecule has 0 atom stereocenters. The van der Waals surface area contributed by atoms with Gasteiger partial charge in [-0.05, 0) is 37.0 Å². The number of thioether (sulfide) groups is 4. The quantitative estimate of drug-likeness (QED) is 0.199. The van der Waals surface area contributed by atoms with Gasteiger partial charge < -0.3 is 0 Å². The summed E-state index contributed by atoms with van der Waals surface area (Å²) < 4.78 is 2.76. The maximum Gasteiger partial charge on any atom is 0.193 e. The maximum absolute atomic E-state index is 10.4. The molecule has 0 aromatic carbocycles. The highest BCUT2D eigenvalue weighted by Crippen LogP contribution is 2.59. The Hall–Kier alpha value is -0.150. The molecule has 142 valence electrons. The fourth-order valence-electron chi connectivity index (χ4n) is 2.75. The zero-order chi connectivity index (χ0) is 18.6. The SMILES string of the molecule is CCCCCCC1=C(CCCCCC)SC(=C2SC=C(C#CC=O)S2)S1. The fourth-order valence-corrected chi connectivity index (χ4v) is 8.05. The van der Waals surface area contributed by atoms with Crippen LogP contribution in [0.2, 0.25) is 0 Å². The van der Waals surface area contributed by atoms with E-state index < -0.39 is 0 Å². The van der Waals surface area contributed by atoms with E-state index >= 15 is 0 Å². The van der Waals surface area contributed by atoms with Gasteiger partial charge in [0.05, 0.1) is 13.4 Å². The number of carbonyl (C=O) groups is 1. The second kappa shape index (κ2) is 13.1. The molecule has 2 rings (SSSR count). The minimum atomic E-state index is 0.667. The standard InChI is InChI=1S/C21H28OS4/c1-3-5-7-9-13-18-19(14-10-8-6-4-2)26-21(25-18)20-23-16-17(24-20)12-11-15-22/h15-16H,3-10,13-14H2,1-2H3. The normalized spacial score (nSPS) is 16.8. The highest BCUT2D eigenvalue weighted by atomic mass is 32.2. The lowest BCUT2D eigenvalue weighted by Gasteiger charge is -2.05. The molecule has 0 aliphatic carbocycles. The van der Waals surface area contributed by atoms with Crippen molar-refractivity contribution in [2.75, 3.05) is 0 Å². The highest BCUT2D eigenvalue weighted by Gasteiger charge is 2.26. The molecule has 2 aliphatic heterocycles. The monoisotopic (exact) mass is 424 g/mol. The third kappa shape index (κ3) is 7.46. The predicted molar refractivity (Wildman–Crippen MR) is 124 cm³/mol. The Kier molecular flexibility index (Phi) is 11.2. The van der Waals surface area contributed by atoms with Crippen LogP contribution in [0.15, 0.2) is 28.6 Å². The molecule has 5 heteroatoms. The summed E-state index contributed by atoms with van der Waals surface area (Å²) in [5, 5.41) is 2.07. The molecule has 0 unspecified atom stereocenters. The number of allylic oxidation sites excluding steroid dienone is 3. The number of carbonyl (C=O) groups excluding carboxylic acids is 1. The molecule has 0 radical (unpaired) electrons. The molecule has 0 aromatic rings. The Balaban J connectivity index is 1.96. The molecule has 0 N–H and O–H groups in total. The van der Waals surface area contributed by atoms with Gasteiger partial charge in [0.15, 0.2) is 6.29 Å². The summed E-state index contributed by atoms with van der Waals surface area (Å²) in [4.78, 5) is 14.6. The molecule has 0 spiro atoms. The Bertz CT molecular complexity index is 608. The summed E-state index contributed by atoms with van der Waals surface area (Å²) in [7, 11) is 0. The first-order chi connectivity index (χ1) is 12.8. The van der Waals surface area contributed by atoms with E-state index in [4.69, 9.17) is 0 Å². The van der Waals surface area contributed by atoms with Crippen LogP contribution >= 0.6 is 47.0 Å². The average molecular weight is 425 g/mol. The van der Waals surface area contributed by atoms with Gasteiger partial charge >= 0.3 is 0 Å². The van der Waals surface area contributed by atoms with Crippen molar-refractivity contribution in [1.82, 2.24) is 0 Å². The number of rotatable bonds is 10. The molecule has 2 heterocycles. The molecular weight excluding hydrogens is 396 g/mol. The average Bonchev–Trinajstić information content (AvgIpc) is 3.28. The van der Waals surface area contributed by atoms with Crippen LogP contribution in [-0.4, -0.2) is 6.29 Å². The van der Waals surface area contributed by atoms with E-state index in [0.717, 1.165) is 4.91 Å². The minimum Gasteiger partial charge on any atom is -0.289 e. The van der Waals surface area contributed by atoms with Gasteiger partial charge in [0.1, 0.15) is 0 Å². The predicted octanol–water partition coefficient (Wildman–Crippen LogP) is 8.27. The van der Waals surface area contributed by atoms with Gasteiger partial charge in [-0.15, -0.1) is 0 Å². The summed E-state index contributed by atoms with van der Waals surface area (Å²) in [6.45, 7) is 4.54. The lowest BCUT2D eigenvalue weighted by atomic mass is 10.1. The van der Waals surface area contributed by atoms with Gasteiger partial charge in [0.25, 0.3) is 0 Å². The van der Waals surface area contributed by atoms with Gasteiger partial charge in [-0.3, -0.25) is 4.79 Å².